The predicted octanol–water partition coefficient (Wildman–Crippen LogP) is 3.11. The van der Waals surface area contributed by atoms with E-state index in [2.05, 4.69) is 17.2 Å². The van der Waals surface area contributed by atoms with Gasteiger partial charge in [0.05, 0.1) is 11.9 Å². The van der Waals surface area contributed by atoms with Gasteiger partial charge in [0.1, 0.15) is 5.82 Å². The lowest BCUT2D eigenvalue weighted by Gasteiger charge is -2.18. The van der Waals surface area contributed by atoms with Crippen LogP contribution in [0.25, 0.3) is 0 Å². The van der Waals surface area contributed by atoms with Crippen molar-refractivity contribution in [3.05, 3.63) is 17.8 Å². The maximum Gasteiger partial charge on any atom is 0.129 e. The Labute approximate surface area is 97.5 Å². The lowest BCUT2D eigenvalue weighted by molar-refractivity contribution is 0.617. The quantitative estimate of drug-likeness (QED) is 0.751. The number of pyridine rings is 1. The van der Waals surface area contributed by atoms with E-state index in [1.54, 1.807) is 6.20 Å². The van der Waals surface area contributed by atoms with Gasteiger partial charge >= 0.3 is 0 Å². The molecule has 3 N–H and O–H groups in total. The summed E-state index contributed by atoms with van der Waals surface area (Å²) in [4.78, 5) is 4.37. The number of rotatable bonds is 2. The molecule has 0 aromatic carbocycles. The molecule has 1 aliphatic rings. The Bertz CT molecular complexity index is 341. The Morgan fingerprint density at radius 3 is 2.56 bits per heavy atom. The van der Waals surface area contributed by atoms with E-state index in [4.69, 9.17) is 5.73 Å². The van der Waals surface area contributed by atoms with Crippen molar-refractivity contribution >= 4 is 11.5 Å². The predicted molar refractivity (Wildman–Crippen MR) is 68.5 cm³/mol. The van der Waals surface area contributed by atoms with E-state index < -0.39 is 0 Å². The van der Waals surface area contributed by atoms with E-state index in [-0.39, 0.29) is 0 Å². The molecule has 3 nitrogen and oxygen atoms in total. The van der Waals surface area contributed by atoms with Crippen LogP contribution in [0.3, 0.4) is 0 Å². The van der Waals surface area contributed by atoms with Crippen LogP contribution in [0.15, 0.2) is 12.3 Å². The molecule has 0 aliphatic heterocycles. The molecule has 1 heterocycles. The van der Waals surface area contributed by atoms with E-state index >= 15 is 0 Å². The van der Waals surface area contributed by atoms with Gasteiger partial charge in [-0.25, -0.2) is 4.98 Å². The maximum absolute atomic E-state index is 5.70. The summed E-state index contributed by atoms with van der Waals surface area (Å²) in [5.41, 5.74) is 7.58. The maximum atomic E-state index is 5.70. The van der Waals surface area contributed by atoms with Crippen molar-refractivity contribution in [2.24, 2.45) is 0 Å². The lowest BCUT2D eigenvalue weighted by Crippen LogP contribution is -2.19. The minimum Gasteiger partial charge on any atom is -0.397 e. The van der Waals surface area contributed by atoms with Crippen LogP contribution in [-0.2, 0) is 0 Å². The standard InChI is InChI=1S/C13H21N3/c1-10-8-11(14)9-15-13(10)16-12-6-4-2-3-5-7-12/h8-9,12H,2-7,14H2,1H3,(H,15,16). The second kappa shape index (κ2) is 5.19. The molecule has 88 valence electrons. The number of aromatic nitrogens is 1. The summed E-state index contributed by atoms with van der Waals surface area (Å²) in [6, 6.07) is 2.57. The van der Waals surface area contributed by atoms with Crippen LogP contribution in [0.1, 0.15) is 44.1 Å². The van der Waals surface area contributed by atoms with Crippen molar-refractivity contribution in [3.63, 3.8) is 0 Å². The number of nitrogens with one attached hydrogen (secondary N) is 1. The molecule has 2 rings (SSSR count). The number of nitrogens with zero attached hydrogens (tertiary/aromatic N) is 1. The van der Waals surface area contributed by atoms with Crippen molar-refractivity contribution in [2.45, 2.75) is 51.5 Å². The highest BCUT2D eigenvalue weighted by molar-refractivity contribution is 5.51. The summed E-state index contributed by atoms with van der Waals surface area (Å²) in [5, 5.41) is 3.55. The molecule has 0 saturated heterocycles. The molecule has 1 saturated carbocycles. The van der Waals surface area contributed by atoms with Gasteiger partial charge in [0.15, 0.2) is 0 Å². The summed E-state index contributed by atoms with van der Waals surface area (Å²) in [7, 11) is 0. The molecule has 16 heavy (non-hydrogen) atoms. The third kappa shape index (κ3) is 2.87. The van der Waals surface area contributed by atoms with E-state index in [1.165, 1.54) is 38.5 Å². The van der Waals surface area contributed by atoms with Gasteiger partial charge in [-0.15, -0.1) is 0 Å². The smallest absolute Gasteiger partial charge is 0.129 e. The molecule has 0 spiro atoms. The number of hydrogen-bond donors (Lipinski definition) is 2. The SMILES string of the molecule is Cc1cc(N)cnc1NC1CCCCCC1. The van der Waals surface area contributed by atoms with E-state index in [1.807, 2.05) is 6.07 Å². The Kier molecular flexibility index (Phi) is 3.65. The minimum absolute atomic E-state index is 0.595. The molecule has 0 bridgehead atoms. The van der Waals surface area contributed by atoms with Crippen molar-refractivity contribution in [3.8, 4) is 0 Å². The van der Waals surface area contributed by atoms with E-state index in [0.29, 0.717) is 6.04 Å². The Morgan fingerprint density at radius 2 is 1.94 bits per heavy atom. The number of hydrogen-bond acceptors (Lipinski definition) is 3. The van der Waals surface area contributed by atoms with Gasteiger partial charge < -0.3 is 11.1 Å². The second-order valence-electron chi connectivity index (χ2n) is 4.77. The van der Waals surface area contributed by atoms with Crippen LogP contribution >= 0.6 is 0 Å². The lowest BCUT2D eigenvalue weighted by atomic mass is 10.1. The van der Waals surface area contributed by atoms with Gasteiger partial charge in [0, 0.05) is 6.04 Å². The first-order valence-corrected chi connectivity index (χ1v) is 6.24. The topological polar surface area (TPSA) is 50.9 Å². The first-order valence-electron chi connectivity index (χ1n) is 6.24. The molecular formula is C13H21N3. The zero-order valence-corrected chi connectivity index (χ0v) is 10.00. The van der Waals surface area contributed by atoms with Gasteiger partial charge in [-0.2, -0.15) is 0 Å². The highest BCUT2D eigenvalue weighted by atomic mass is 15.0. The van der Waals surface area contributed by atoms with Gasteiger partial charge in [-0.05, 0) is 31.4 Å². The van der Waals surface area contributed by atoms with Crippen molar-refractivity contribution in [1.82, 2.24) is 4.98 Å². The van der Waals surface area contributed by atoms with Crippen molar-refractivity contribution in [1.29, 1.82) is 0 Å². The molecule has 3 heteroatoms. The van der Waals surface area contributed by atoms with Crippen LogP contribution in [0, 0.1) is 6.92 Å². The first-order chi connectivity index (χ1) is 7.75. The first kappa shape index (κ1) is 11.2. The Hall–Kier alpha value is -1.25. The highest BCUT2D eigenvalue weighted by Crippen LogP contribution is 2.22. The zero-order chi connectivity index (χ0) is 11.4. The average Bonchev–Trinajstić information content (AvgIpc) is 2.51. The summed E-state index contributed by atoms with van der Waals surface area (Å²) >= 11 is 0. The summed E-state index contributed by atoms with van der Waals surface area (Å²) in [6.07, 6.45) is 9.71. The molecular weight excluding hydrogens is 198 g/mol. The number of aryl methyl sites for hydroxylation is 1. The number of nitrogen functional groups attached to an aromatic ring is 1. The summed E-state index contributed by atoms with van der Waals surface area (Å²) < 4.78 is 0. The van der Waals surface area contributed by atoms with Crippen LogP contribution in [0.2, 0.25) is 0 Å². The van der Waals surface area contributed by atoms with Crippen LogP contribution in [-0.4, -0.2) is 11.0 Å². The van der Waals surface area contributed by atoms with Gasteiger partial charge in [0.2, 0.25) is 0 Å². The normalized spacial score (nSPS) is 18.1. The van der Waals surface area contributed by atoms with Crippen LogP contribution in [0.4, 0.5) is 11.5 Å². The fourth-order valence-corrected chi connectivity index (χ4v) is 2.36. The average molecular weight is 219 g/mol. The molecule has 1 aliphatic carbocycles. The van der Waals surface area contributed by atoms with Crippen LogP contribution in [0.5, 0.6) is 0 Å². The molecule has 1 fully saturated rings. The fourth-order valence-electron chi connectivity index (χ4n) is 2.36. The molecule has 1 aromatic rings. The summed E-state index contributed by atoms with van der Waals surface area (Å²) in [5.74, 6) is 1.00. The number of nitrogens with two attached hydrogens (primary N) is 1. The Balaban J connectivity index is 2.01. The number of anilines is 2. The second-order valence-corrected chi connectivity index (χ2v) is 4.77. The van der Waals surface area contributed by atoms with Gasteiger partial charge in [-0.3, -0.25) is 0 Å². The molecule has 0 radical (unpaired) electrons. The molecule has 0 amide bonds. The third-order valence-corrected chi connectivity index (χ3v) is 3.30. The molecule has 1 aromatic heterocycles. The largest absolute Gasteiger partial charge is 0.397 e. The van der Waals surface area contributed by atoms with Crippen LogP contribution < -0.4 is 11.1 Å². The third-order valence-electron chi connectivity index (χ3n) is 3.30. The van der Waals surface area contributed by atoms with Gasteiger partial charge in [-0.1, -0.05) is 25.7 Å². The molecule has 0 unspecified atom stereocenters. The van der Waals surface area contributed by atoms with E-state index in [9.17, 15) is 0 Å². The Morgan fingerprint density at radius 1 is 1.25 bits per heavy atom. The molecule has 0 atom stereocenters. The highest BCUT2D eigenvalue weighted by Gasteiger charge is 2.13. The van der Waals surface area contributed by atoms with Gasteiger partial charge in [0.25, 0.3) is 0 Å². The minimum atomic E-state index is 0.595. The zero-order valence-electron chi connectivity index (χ0n) is 10.00. The van der Waals surface area contributed by atoms with E-state index in [0.717, 1.165) is 17.1 Å². The fraction of sp³-hybridized carbons (Fsp3) is 0.615. The van der Waals surface area contributed by atoms with Crippen molar-refractivity contribution < 1.29 is 0 Å². The summed E-state index contributed by atoms with van der Waals surface area (Å²) in [6.45, 7) is 2.06. The monoisotopic (exact) mass is 219 g/mol. The van der Waals surface area contributed by atoms with Crippen molar-refractivity contribution in [2.75, 3.05) is 11.1 Å².